The zero-order chi connectivity index (χ0) is 17.3. The summed E-state index contributed by atoms with van der Waals surface area (Å²) >= 11 is 0. The average molecular weight is 341 g/mol. The van der Waals surface area contributed by atoms with E-state index in [-0.39, 0.29) is 12.2 Å². The summed E-state index contributed by atoms with van der Waals surface area (Å²) in [6, 6.07) is 6.35. The van der Waals surface area contributed by atoms with Crippen LogP contribution < -0.4 is 10.5 Å². The van der Waals surface area contributed by atoms with Crippen molar-refractivity contribution in [2.45, 2.75) is 17.4 Å². The molecule has 0 fully saturated rings. The Morgan fingerprint density at radius 2 is 2.13 bits per heavy atom. The third kappa shape index (κ3) is 4.06. The number of nitrogens with one attached hydrogen (secondary N) is 1. The van der Waals surface area contributed by atoms with Crippen molar-refractivity contribution in [1.82, 2.24) is 0 Å². The lowest BCUT2D eigenvalue weighted by Gasteiger charge is -2.22. The molecule has 0 radical (unpaired) electrons. The van der Waals surface area contributed by atoms with E-state index in [1.165, 1.54) is 13.2 Å². The molecule has 0 saturated heterocycles. The molecule has 0 aliphatic heterocycles. The first-order chi connectivity index (χ1) is 10.6. The van der Waals surface area contributed by atoms with Crippen molar-refractivity contribution >= 4 is 21.4 Å². The molecule has 0 amide bonds. The minimum atomic E-state index is -4.10. The first-order valence-corrected chi connectivity index (χ1v) is 7.97. The lowest BCUT2D eigenvalue weighted by molar-refractivity contribution is -0.385. The van der Waals surface area contributed by atoms with Crippen LogP contribution in [0, 0.1) is 10.1 Å². The van der Waals surface area contributed by atoms with Crippen molar-refractivity contribution in [3.8, 4) is 0 Å². The Kier molecular flexibility index (Phi) is 4.41. The van der Waals surface area contributed by atoms with Gasteiger partial charge in [-0.25, -0.2) is 13.6 Å². The van der Waals surface area contributed by atoms with Crippen LogP contribution in [0.15, 0.2) is 45.9 Å². The van der Waals surface area contributed by atoms with Crippen LogP contribution in [0.2, 0.25) is 0 Å². The van der Waals surface area contributed by atoms with E-state index in [0.717, 1.165) is 18.2 Å². The molecule has 0 aliphatic carbocycles. The van der Waals surface area contributed by atoms with Crippen LogP contribution in [0.3, 0.4) is 0 Å². The van der Waals surface area contributed by atoms with Crippen molar-refractivity contribution < 1.29 is 22.9 Å². The van der Waals surface area contributed by atoms with Crippen LogP contribution in [0.5, 0.6) is 0 Å². The van der Waals surface area contributed by atoms with Crippen molar-refractivity contribution in [1.29, 1.82) is 0 Å². The fourth-order valence-corrected chi connectivity index (χ4v) is 2.48. The molecular formula is C13H15N3O6S. The van der Waals surface area contributed by atoms with Crippen molar-refractivity contribution in [2.24, 2.45) is 5.14 Å². The molecule has 0 saturated carbocycles. The first-order valence-electron chi connectivity index (χ1n) is 6.42. The monoisotopic (exact) mass is 341 g/mol. The second kappa shape index (κ2) is 5.99. The summed E-state index contributed by atoms with van der Waals surface area (Å²) in [4.78, 5) is 9.77. The fourth-order valence-electron chi connectivity index (χ4n) is 1.90. The summed E-state index contributed by atoms with van der Waals surface area (Å²) in [6.45, 7) is 1.42. The molecule has 9 nitrogen and oxygen atoms in total. The van der Waals surface area contributed by atoms with Gasteiger partial charge in [-0.15, -0.1) is 0 Å². The number of non-ortho nitro benzene ring substituents is 1. The van der Waals surface area contributed by atoms with E-state index in [4.69, 9.17) is 9.56 Å². The Morgan fingerprint density at radius 1 is 1.43 bits per heavy atom. The van der Waals surface area contributed by atoms with Gasteiger partial charge in [0.05, 0.1) is 22.6 Å². The maximum Gasteiger partial charge on any atom is 0.272 e. The van der Waals surface area contributed by atoms with Crippen LogP contribution in [0.25, 0.3) is 0 Å². The Hall–Kier alpha value is -2.43. The number of nitro groups is 1. The second-order valence-corrected chi connectivity index (χ2v) is 6.68. The van der Waals surface area contributed by atoms with E-state index in [1.54, 1.807) is 12.1 Å². The molecule has 1 aromatic carbocycles. The van der Waals surface area contributed by atoms with Crippen LogP contribution in [0.1, 0.15) is 12.7 Å². The van der Waals surface area contributed by atoms with Gasteiger partial charge in [-0.2, -0.15) is 0 Å². The number of nitrogens with zero attached hydrogens (tertiary/aromatic N) is 1. The number of nitrogens with two attached hydrogens (primary N) is 1. The third-order valence-corrected chi connectivity index (χ3v) is 4.01. The van der Waals surface area contributed by atoms with E-state index in [0.29, 0.717) is 5.76 Å². The smallest absolute Gasteiger partial charge is 0.272 e. The molecule has 1 atom stereocenters. The van der Waals surface area contributed by atoms with Gasteiger partial charge in [-0.1, -0.05) is 0 Å². The molecule has 124 valence electrons. The summed E-state index contributed by atoms with van der Waals surface area (Å²) in [5, 5.41) is 29.0. The van der Waals surface area contributed by atoms with Crippen LogP contribution in [-0.2, 0) is 15.6 Å². The molecule has 1 unspecified atom stereocenters. The highest BCUT2D eigenvalue weighted by Crippen LogP contribution is 2.26. The first kappa shape index (κ1) is 16.9. The van der Waals surface area contributed by atoms with Crippen LogP contribution in [0.4, 0.5) is 11.4 Å². The highest BCUT2D eigenvalue weighted by molar-refractivity contribution is 7.89. The molecule has 0 bridgehead atoms. The third-order valence-electron chi connectivity index (χ3n) is 3.12. The predicted molar refractivity (Wildman–Crippen MR) is 81.2 cm³/mol. The van der Waals surface area contributed by atoms with E-state index in [1.807, 2.05) is 0 Å². The molecule has 2 aromatic rings. The maximum absolute atomic E-state index is 11.4. The van der Waals surface area contributed by atoms with Gasteiger partial charge in [-0.05, 0) is 25.1 Å². The summed E-state index contributed by atoms with van der Waals surface area (Å²) in [7, 11) is -4.10. The van der Waals surface area contributed by atoms with E-state index < -0.39 is 31.1 Å². The van der Waals surface area contributed by atoms with Gasteiger partial charge in [0, 0.05) is 17.8 Å². The summed E-state index contributed by atoms with van der Waals surface area (Å²) in [5.41, 5.74) is -1.69. The molecular weight excluding hydrogens is 326 g/mol. The van der Waals surface area contributed by atoms with Gasteiger partial charge in [-0.3, -0.25) is 10.1 Å². The SMILES string of the molecule is CC(O)(CNc1cc([N+](=O)[O-])cc(S(N)(=O)=O)c1)c1ccco1. The lowest BCUT2D eigenvalue weighted by Crippen LogP contribution is -2.30. The van der Waals surface area contributed by atoms with E-state index in [9.17, 15) is 23.6 Å². The lowest BCUT2D eigenvalue weighted by atomic mass is 10.0. The number of sulfonamides is 1. The number of primary sulfonamides is 1. The Labute approximate surface area is 131 Å². The van der Waals surface area contributed by atoms with Crippen molar-refractivity contribution in [3.05, 3.63) is 52.5 Å². The number of rotatable bonds is 6. The van der Waals surface area contributed by atoms with Crippen LogP contribution >= 0.6 is 0 Å². The molecule has 23 heavy (non-hydrogen) atoms. The van der Waals surface area contributed by atoms with Crippen molar-refractivity contribution in [3.63, 3.8) is 0 Å². The minimum absolute atomic E-state index is 0.0637. The van der Waals surface area contributed by atoms with E-state index >= 15 is 0 Å². The molecule has 1 aromatic heterocycles. The van der Waals surface area contributed by atoms with Crippen molar-refractivity contribution in [2.75, 3.05) is 11.9 Å². The van der Waals surface area contributed by atoms with Gasteiger partial charge in [0.15, 0.2) is 0 Å². The maximum atomic E-state index is 11.4. The molecule has 0 spiro atoms. The predicted octanol–water partition coefficient (Wildman–Crippen LogP) is 1.15. The molecule has 2 rings (SSSR count). The number of aliphatic hydroxyl groups is 1. The fraction of sp³-hybridized carbons (Fsp3) is 0.231. The van der Waals surface area contributed by atoms with Gasteiger partial charge < -0.3 is 14.8 Å². The standard InChI is InChI=1S/C13H15N3O6S/c1-13(17,12-3-2-4-22-12)8-15-9-5-10(16(18)19)7-11(6-9)23(14,20)21/h2-7,15,17H,8H2,1H3,(H2,14,20,21). The number of nitro benzene ring substituents is 1. The van der Waals surface area contributed by atoms with Gasteiger partial charge in [0.2, 0.25) is 10.0 Å². The number of anilines is 1. The molecule has 10 heteroatoms. The van der Waals surface area contributed by atoms with E-state index in [2.05, 4.69) is 5.32 Å². The minimum Gasteiger partial charge on any atom is -0.466 e. The Balaban J connectivity index is 2.29. The van der Waals surface area contributed by atoms with Crippen LogP contribution in [-0.4, -0.2) is 25.0 Å². The summed E-state index contributed by atoms with van der Waals surface area (Å²) in [6.07, 6.45) is 1.40. The number of hydrogen-bond acceptors (Lipinski definition) is 7. The number of benzene rings is 1. The Bertz CT molecular complexity index is 814. The molecule has 1 heterocycles. The normalized spacial score (nSPS) is 14.2. The highest BCUT2D eigenvalue weighted by Gasteiger charge is 2.26. The summed E-state index contributed by atoms with van der Waals surface area (Å²) < 4.78 is 27.9. The number of furan rings is 1. The zero-order valence-corrected chi connectivity index (χ0v) is 12.9. The average Bonchev–Trinajstić information content (AvgIpc) is 2.99. The molecule has 0 aliphatic rings. The number of hydrogen-bond donors (Lipinski definition) is 3. The Morgan fingerprint density at radius 3 is 2.65 bits per heavy atom. The van der Waals surface area contributed by atoms with Gasteiger partial charge in [0.1, 0.15) is 11.4 Å². The quantitative estimate of drug-likeness (QED) is 0.527. The highest BCUT2D eigenvalue weighted by atomic mass is 32.2. The molecule has 4 N–H and O–H groups in total. The summed E-state index contributed by atoms with van der Waals surface area (Å²) in [5.74, 6) is 0.294. The largest absolute Gasteiger partial charge is 0.466 e. The van der Waals surface area contributed by atoms with Gasteiger partial charge >= 0.3 is 0 Å². The topological polar surface area (TPSA) is 149 Å². The zero-order valence-electron chi connectivity index (χ0n) is 12.1. The van der Waals surface area contributed by atoms with Gasteiger partial charge in [0.25, 0.3) is 5.69 Å². The second-order valence-electron chi connectivity index (χ2n) is 5.12.